The van der Waals surface area contributed by atoms with E-state index in [1.807, 2.05) is 6.07 Å². The third kappa shape index (κ3) is 4.11. The smallest absolute Gasteiger partial charge is 0.161 e. The molecule has 6 nitrogen and oxygen atoms in total. The molecule has 0 atom stereocenters. The fourth-order valence-corrected chi connectivity index (χ4v) is 3.06. The first-order chi connectivity index (χ1) is 14.2. The number of ether oxygens (including phenoxy) is 1. The standard InChI is InChI=1S/C21H16ClFN4O2/c22-13-3-4-16(23)15(10-13)19-11-18(14-2-1-6-25-21(14)27-19)26-17-5-7-24-12-20(17)29-9-8-28/h1-7,10-12,28H,8-9H2,(H,24,25,26,27). The van der Waals surface area contributed by atoms with E-state index < -0.39 is 5.82 Å². The molecule has 0 unspecified atom stereocenters. The van der Waals surface area contributed by atoms with Crippen molar-refractivity contribution in [3.63, 3.8) is 0 Å². The van der Waals surface area contributed by atoms with E-state index in [-0.39, 0.29) is 18.8 Å². The summed E-state index contributed by atoms with van der Waals surface area (Å²) in [6.45, 7) is 0.0205. The van der Waals surface area contributed by atoms with E-state index in [4.69, 9.17) is 21.4 Å². The lowest BCUT2D eigenvalue weighted by Crippen LogP contribution is -2.05. The Hall–Kier alpha value is -3.29. The largest absolute Gasteiger partial charge is 0.487 e. The number of aliphatic hydroxyl groups is 1. The number of fused-ring (bicyclic) bond motifs is 1. The van der Waals surface area contributed by atoms with Crippen LogP contribution in [0.5, 0.6) is 5.75 Å². The number of rotatable bonds is 6. The third-order valence-corrected chi connectivity index (χ3v) is 4.43. The van der Waals surface area contributed by atoms with Crippen LogP contribution in [-0.4, -0.2) is 33.3 Å². The van der Waals surface area contributed by atoms with Gasteiger partial charge < -0.3 is 15.2 Å². The molecule has 3 aromatic heterocycles. The quantitative estimate of drug-likeness (QED) is 0.483. The first kappa shape index (κ1) is 19.0. The highest BCUT2D eigenvalue weighted by atomic mass is 35.5. The Morgan fingerprint density at radius 2 is 2.00 bits per heavy atom. The number of halogens is 2. The zero-order chi connectivity index (χ0) is 20.2. The molecule has 29 heavy (non-hydrogen) atoms. The van der Waals surface area contributed by atoms with Gasteiger partial charge in [0.15, 0.2) is 11.4 Å². The molecule has 2 N–H and O–H groups in total. The Morgan fingerprint density at radius 3 is 2.86 bits per heavy atom. The summed E-state index contributed by atoms with van der Waals surface area (Å²) in [4.78, 5) is 12.9. The first-order valence-corrected chi connectivity index (χ1v) is 9.19. The normalized spacial score (nSPS) is 10.9. The highest BCUT2D eigenvalue weighted by Gasteiger charge is 2.14. The van der Waals surface area contributed by atoms with Crippen LogP contribution < -0.4 is 10.1 Å². The SMILES string of the molecule is OCCOc1cnccc1Nc1cc(-c2cc(Cl)ccc2F)nc2ncccc12. The van der Waals surface area contributed by atoms with Crippen molar-refractivity contribution in [2.75, 3.05) is 18.5 Å². The van der Waals surface area contributed by atoms with Gasteiger partial charge in [-0.25, -0.2) is 14.4 Å². The summed E-state index contributed by atoms with van der Waals surface area (Å²) >= 11 is 6.05. The van der Waals surface area contributed by atoms with Crippen LogP contribution in [0.3, 0.4) is 0 Å². The van der Waals surface area contributed by atoms with Crippen LogP contribution in [0.15, 0.2) is 61.1 Å². The van der Waals surface area contributed by atoms with Gasteiger partial charge in [0.1, 0.15) is 12.4 Å². The Kier molecular flexibility index (Phi) is 5.50. The summed E-state index contributed by atoms with van der Waals surface area (Å²) in [5.74, 6) is 0.0462. The lowest BCUT2D eigenvalue weighted by molar-refractivity contribution is 0.201. The van der Waals surface area contributed by atoms with Crippen molar-refractivity contribution in [2.45, 2.75) is 0 Å². The van der Waals surface area contributed by atoms with Gasteiger partial charge in [0, 0.05) is 28.4 Å². The average Bonchev–Trinajstić information content (AvgIpc) is 2.74. The third-order valence-electron chi connectivity index (χ3n) is 4.19. The molecule has 146 valence electrons. The molecule has 4 rings (SSSR count). The van der Waals surface area contributed by atoms with Gasteiger partial charge in [-0.3, -0.25) is 4.98 Å². The molecule has 0 aliphatic heterocycles. The minimum absolute atomic E-state index is 0.116. The minimum atomic E-state index is -0.431. The zero-order valence-electron chi connectivity index (χ0n) is 15.1. The van der Waals surface area contributed by atoms with Crippen LogP contribution >= 0.6 is 11.6 Å². The lowest BCUT2D eigenvalue weighted by Gasteiger charge is -2.15. The van der Waals surface area contributed by atoms with E-state index in [0.717, 1.165) is 5.39 Å². The lowest BCUT2D eigenvalue weighted by atomic mass is 10.1. The second kappa shape index (κ2) is 8.38. The Morgan fingerprint density at radius 1 is 1.10 bits per heavy atom. The molecule has 1 aromatic carbocycles. The number of aromatic nitrogens is 3. The fraction of sp³-hybridized carbons (Fsp3) is 0.0952. The number of aliphatic hydroxyl groups excluding tert-OH is 1. The van der Waals surface area contributed by atoms with Gasteiger partial charge in [-0.1, -0.05) is 11.6 Å². The maximum atomic E-state index is 14.4. The number of anilines is 2. The molecule has 4 aromatic rings. The highest BCUT2D eigenvalue weighted by molar-refractivity contribution is 6.30. The van der Waals surface area contributed by atoms with E-state index in [0.29, 0.717) is 33.5 Å². The molecule has 8 heteroatoms. The number of nitrogens with zero attached hydrogens (tertiary/aromatic N) is 3. The number of hydrogen-bond donors (Lipinski definition) is 2. The second-order valence-electron chi connectivity index (χ2n) is 6.12. The minimum Gasteiger partial charge on any atom is -0.487 e. The number of nitrogens with one attached hydrogen (secondary N) is 1. The molecular formula is C21H16ClFN4O2. The molecule has 3 heterocycles. The molecule has 0 spiro atoms. The summed E-state index contributed by atoms with van der Waals surface area (Å²) in [7, 11) is 0. The van der Waals surface area contributed by atoms with Crippen LogP contribution in [0, 0.1) is 5.82 Å². The summed E-state index contributed by atoms with van der Waals surface area (Å²) in [5, 5.41) is 13.5. The monoisotopic (exact) mass is 410 g/mol. The molecule has 0 aliphatic rings. The predicted molar refractivity (Wildman–Crippen MR) is 110 cm³/mol. The van der Waals surface area contributed by atoms with Crippen molar-refractivity contribution >= 4 is 34.0 Å². The van der Waals surface area contributed by atoms with Crippen molar-refractivity contribution in [3.05, 3.63) is 71.9 Å². The molecule has 0 amide bonds. The van der Waals surface area contributed by atoms with Gasteiger partial charge in [0.05, 0.1) is 29.9 Å². The number of pyridine rings is 3. The van der Waals surface area contributed by atoms with Crippen LogP contribution in [0.2, 0.25) is 5.02 Å². The van der Waals surface area contributed by atoms with Crippen molar-refractivity contribution in [3.8, 4) is 17.0 Å². The zero-order valence-corrected chi connectivity index (χ0v) is 15.9. The molecule has 0 bridgehead atoms. The predicted octanol–water partition coefficient (Wildman–Crippen LogP) is 4.60. The van der Waals surface area contributed by atoms with Gasteiger partial charge in [0.25, 0.3) is 0 Å². The van der Waals surface area contributed by atoms with Crippen LogP contribution in [-0.2, 0) is 0 Å². The van der Waals surface area contributed by atoms with Gasteiger partial charge in [-0.15, -0.1) is 0 Å². The molecule has 0 radical (unpaired) electrons. The topological polar surface area (TPSA) is 80.2 Å². The van der Waals surface area contributed by atoms with Crippen molar-refractivity contribution < 1.29 is 14.2 Å². The van der Waals surface area contributed by atoms with Gasteiger partial charge in [0.2, 0.25) is 0 Å². The van der Waals surface area contributed by atoms with Gasteiger partial charge >= 0.3 is 0 Å². The van der Waals surface area contributed by atoms with Crippen molar-refractivity contribution in [2.24, 2.45) is 0 Å². The van der Waals surface area contributed by atoms with Gasteiger partial charge in [-0.2, -0.15) is 0 Å². The molecular weight excluding hydrogens is 395 g/mol. The molecule has 0 fully saturated rings. The van der Waals surface area contributed by atoms with Crippen molar-refractivity contribution in [1.29, 1.82) is 0 Å². The number of hydrogen-bond acceptors (Lipinski definition) is 6. The Balaban J connectivity index is 1.83. The van der Waals surface area contributed by atoms with E-state index >= 15 is 0 Å². The van der Waals surface area contributed by atoms with Crippen LogP contribution in [0.4, 0.5) is 15.8 Å². The Labute approximate surface area is 171 Å². The van der Waals surface area contributed by atoms with E-state index in [2.05, 4.69) is 20.3 Å². The van der Waals surface area contributed by atoms with Crippen LogP contribution in [0.1, 0.15) is 0 Å². The molecule has 0 saturated heterocycles. The highest BCUT2D eigenvalue weighted by Crippen LogP contribution is 2.34. The van der Waals surface area contributed by atoms with E-state index in [1.54, 1.807) is 36.8 Å². The maximum Gasteiger partial charge on any atom is 0.161 e. The Bertz CT molecular complexity index is 1170. The summed E-state index contributed by atoms with van der Waals surface area (Å²) in [5.41, 5.74) is 2.43. The van der Waals surface area contributed by atoms with E-state index in [1.165, 1.54) is 18.2 Å². The average molecular weight is 411 g/mol. The molecule has 0 saturated carbocycles. The maximum absolute atomic E-state index is 14.4. The van der Waals surface area contributed by atoms with Crippen molar-refractivity contribution in [1.82, 2.24) is 15.0 Å². The fourth-order valence-electron chi connectivity index (χ4n) is 2.89. The number of benzene rings is 1. The van der Waals surface area contributed by atoms with E-state index in [9.17, 15) is 4.39 Å². The summed E-state index contributed by atoms with van der Waals surface area (Å²) in [6.07, 6.45) is 4.80. The summed E-state index contributed by atoms with van der Waals surface area (Å²) < 4.78 is 20.0. The van der Waals surface area contributed by atoms with Gasteiger partial charge in [-0.05, 0) is 42.5 Å². The summed E-state index contributed by atoms with van der Waals surface area (Å²) in [6, 6.07) is 11.5. The second-order valence-corrected chi connectivity index (χ2v) is 6.56. The first-order valence-electron chi connectivity index (χ1n) is 8.81. The molecule has 0 aliphatic carbocycles. The van der Waals surface area contributed by atoms with Crippen LogP contribution in [0.25, 0.3) is 22.3 Å².